The minimum absolute atomic E-state index is 0.0298. The van der Waals surface area contributed by atoms with E-state index in [9.17, 15) is 0 Å². The molecular formula is C12H16ClNO. The van der Waals surface area contributed by atoms with Crippen LogP contribution < -0.4 is 0 Å². The third-order valence-corrected chi connectivity index (χ3v) is 3.53. The number of aromatic nitrogens is 1. The first-order chi connectivity index (χ1) is 6.95. The van der Waals surface area contributed by atoms with Crippen LogP contribution in [0.25, 0.3) is 0 Å². The second-order valence-electron chi connectivity index (χ2n) is 5.18. The summed E-state index contributed by atoms with van der Waals surface area (Å²) in [6.07, 6.45) is 4.34. The van der Waals surface area contributed by atoms with E-state index in [1.54, 1.807) is 12.4 Å². The van der Waals surface area contributed by atoms with Crippen molar-refractivity contribution in [3.8, 4) is 0 Å². The average molecular weight is 226 g/mol. The van der Waals surface area contributed by atoms with Gasteiger partial charge >= 0.3 is 0 Å². The molecule has 0 aliphatic carbocycles. The van der Waals surface area contributed by atoms with Gasteiger partial charge in [0.15, 0.2) is 0 Å². The van der Waals surface area contributed by atoms with Gasteiger partial charge < -0.3 is 4.74 Å². The van der Waals surface area contributed by atoms with Crippen LogP contribution in [0.3, 0.4) is 0 Å². The Labute approximate surface area is 95.6 Å². The fourth-order valence-corrected chi connectivity index (χ4v) is 1.93. The highest BCUT2D eigenvalue weighted by Crippen LogP contribution is 2.47. The number of rotatable bonds is 2. The Morgan fingerprint density at radius 2 is 2.20 bits per heavy atom. The molecule has 1 unspecified atom stereocenters. The SMILES string of the molecule is CC(C)(C)C1(Cc2ccncc2Cl)CO1. The topological polar surface area (TPSA) is 25.4 Å². The quantitative estimate of drug-likeness (QED) is 0.723. The number of halogens is 1. The van der Waals surface area contributed by atoms with Gasteiger partial charge in [-0.3, -0.25) is 4.98 Å². The van der Waals surface area contributed by atoms with E-state index in [0.717, 1.165) is 23.6 Å². The molecule has 0 radical (unpaired) electrons. The van der Waals surface area contributed by atoms with Crippen LogP contribution in [-0.4, -0.2) is 17.2 Å². The van der Waals surface area contributed by atoms with Crippen molar-refractivity contribution in [2.75, 3.05) is 6.61 Å². The first kappa shape index (κ1) is 10.9. The highest BCUT2D eigenvalue weighted by Gasteiger charge is 2.54. The number of hydrogen-bond donors (Lipinski definition) is 0. The van der Waals surface area contributed by atoms with E-state index in [-0.39, 0.29) is 11.0 Å². The average Bonchev–Trinajstić information content (AvgIpc) is 2.89. The molecule has 15 heavy (non-hydrogen) atoms. The summed E-state index contributed by atoms with van der Waals surface area (Å²) in [5, 5.41) is 0.733. The summed E-state index contributed by atoms with van der Waals surface area (Å²) in [7, 11) is 0. The van der Waals surface area contributed by atoms with Gasteiger partial charge in [-0.25, -0.2) is 0 Å². The summed E-state index contributed by atoms with van der Waals surface area (Å²) in [6.45, 7) is 7.44. The molecule has 1 saturated heterocycles. The lowest BCUT2D eigenvalue weighted by Gasteiger charge is -2.27. The van der Waals surface area contributed by atoms with Gasteiger partial charge in [0.25, 0.3) is 0 Å². The Morgan fingerprint density at radius 3 is 2.67 bits per heavy atom. The first-order valence-electron chi connectivity index (χ1n) is 5.17. The summed E-state index contributed by atoms with van der Waals surface area (Å²) in [5.41, 5.74) is 1.25. The van der Waals surface area contributed by atoms with Crippen LogP contribution in [0.15, 0.2) is 18.5 Å². The molecule has 2 rings (SSSR count). The van der Waals surface area contributed by atoms with Crippen molar-refractivity contribution in [3.05, 3.63) is 29.0 Å². The molecule has 1 aromatic heterocycles. The molecule has 3 heteroatoms. The number of ether oxygens (including phenoxy) is 1. The summed E-state index contributed by atoms with van der Waals surface area (Å²) in [4.78, 5) is 3.98. The normalized spacial score (nSPS) is 25.3. The van der Waals surface area contributed by atoms with Crippen molar-refractivity contribution in [3.63, 3.8) is 0 Å². The third kappa shape index (κ3) is 2.01. The van der Waals surface area contributed by atoms with E-state index in [1.807, 2.05) is 6.07 Å². The fourth-order valence-electron chi connectivity index (χ4n) is 1.74. The van der Waals surface area contributed by atoms with E-state index in [0.29, 0.717) is 0 Å². The number of epoxide rings is 1. The van der Waals surface area contributed by atoms with Gasteiger partial charge in [-0.15, -0.1) is 0 Å². The molecule has 0 N–H and O–H groups in total. The molecule has 0 amide bonds. The monoisotopic (exact) mass is 225 g/mol. The lowest BCUT2D eigenvalue weighted by Crippen LogP contribution is -2.32. The third-order valence-electron chi connectivity index (χ3n) is 3.19. The van der Waals surface area contributed by atoms with Gasteiger partial charge in [0.1, 0.15) is 5.60 Å². The number of hydrogen-bond acceptors (Lipinski definition) is 2. The second-order valence-corrected chi connectivity index (χ2v) is 5.58. The molecular weight excluding hydrogens is 210 g/mol. The van der Waals surface area contributed by atoms with Crippen molar-refractivity contribution in [1.29, 1.82) is 0 Å². The maximum absolute atomic E-state index is 6.09. The van der Waals surface area contributed by atoms with Crippen molar-refractivity contribution in [2.24, 2.45) is 5.41 Å². The van der Waals surface area contributed by atoms with E-state index in [2.05, 4.69) is 25.8 Å². The molecule has 1 aliphatic rings. The van der Waals surface area contributed by atoms with Crippen LogP contribution in [0.5, 0.6) is 0 Å². The lowest BCUT2D eigenvalue weighted by atomic mass is 9.77. The van der Waals surface area contributed by atoms with Crippen LogP contribution in [-0.2, 0) is 11.2 Å². The molecule has 1 fully saturated rings. The van der Waals surface area contributed by atoms with Gasteiger partial charge in [-0.2, -0.15) is 0 Å². The predicted molar refractivity (Wildman–Crippen MR) is 61.1 cm³/mol. The summed E-state index contributed by atoms with van der Waals surface area (Å²) < 4.78 is 5.64. The van der Waals surface area contributed by atoms with Crippen molar-refractivity contribution < 1.29 is 4.74 Å². The van der Waals surface area contributed by atoms with Crippen molar-refractivity contribution >= 4 is 11.6 Å². The van der Waals surface area contributed by atoms with Gasteiger partial charge in [-0.1, -0.05) is 32.4 Å². The maximum Gasteiger partial charge on any atom is 0.100 e. The summed E-state index contributed by atoms with van der Waals surface area (Å²) in [6, 6.07) is 1.97. The van der Waals surface area contributed by atoms with Gasteiger partial charge in [-0.05, 0) is 17.0 Å². The van der Waals surface area contributed by atoms with Crippen molar-refractivity contribution in [2.45, 2.75) is 32.8 Å². The zero-order chi connectivity index (χ0) is 11.1. The van der Waals surface area contributed by atoms with Crippen LogP contribution in [0.2, 0.25) is 5.02 Å². The Balaban J connectivity index is 2.20. The maximum atomic E-state index is 6.09. The highest BCUT2D eigenvalue weighted by atomic mass is 35.5. The molecule has 2 nitrogen and oxygen atoms in total. The molecule has 0 saturated carbocycles. The van der Waals surface area contributed by atoms with Crippen LogP contribution in [0, 0.1) is 5.41 Å². The molecule has 1 atom stereocenters. The highest BCUT2D eigenvalue weighted by molar-refractivity contribution is 6.31. The molecule has 1 aromatic rings. The summed E-state index contributed by atoms with van der Waals surface area (Å²) >= 11 is 6.09. The van der Waals surface area contributed by atoms with Crippen LogP contribution in [0.4, 0.5) is 0 Å². The van der Waals surface area contributed by atoms with Crippen molar-refractivity contribution in [1.82, 2.24) is 4.98 Å². The lowest BCUT2D eigenvalue weighted by molar-refractivity contribution is 0.155. The standard InChI is InChI=1S/C12H16ClNO/c1-11(2,3)12(8-15-12)6-9-4-5-14-7-10(9)13/h4-5,7H,6,8H2,1-3H3. The smallest absolute Gasteiger partial charge is 0.100 e. The molecule has 0 bridgehead atoms. The fraction of sp³-hybridized carbons (Fsp3) is 0.583. The molecule has 1 aliphatic heterocycles. The van der Waals surface area contributed by atoms with E-state index in [4.69, 9.17) is 16.3 Å². The number of nitrogens with zero attached hydrogens (tertiary/aromatic N) is 1. The van der Waals surface area contributed by atoms with E-state index in [1.165, 1.54) is 0 Å². The Hall–Kier alpha value is -0.600. The Kier molecular flexibility index (Phi) is 2.52. The predicted octanol–water partition coefficient (Wildman–Crippen LogP) is 3.09. The molecule has 82 valence electrons. The van der Waals surface area contributed by atoms with Gasteiger partial charge in [0.2, 0.25) is 0 Å². The molecule has 0 spiro atoms. The minimum Gasteiger partial charge on any atom is -0.369 e. The van der Waals surface area contributed by atoms with Gasteiger partial charge in [0.05, 0.1) is 11.6 Å². The van der Waals surface area contributed by atoms with E-state index >= 15 is 0 Å². The molecule has 2 heterocycles. The van der Waals surface area contributed by atoms with Gasteiger partial charge in [0, 0.05) is 18.8 Å². The second kappa shape index (κ2) is 3.46. The Morgan fingerprint density at radius 1 is 1.53 bits per heavy atom. The zero-order valence-electron chi connectivity index (χ0n) is 9.38. The molecule has 0 aromatic carbocycles. The van der Waals surface area contributed by atoms with E-state index < -0.39 is 0 Å². The summed E-state index contributed by atoms with van der Waals surface area (Å²) in [5.74, 6) is 0. The zero-order valence-corrected chi connectivity index (χ0v) is 10.1. The van der Waals surface area contributed by atoms with Crippen LogP contribution in [0.1, 0.15) is 26.3 Å². The number of pyridine rings is 1. The first-order valence-corrected chi connectivity index (χ1v) is 5.55. The van der Waals surface area contributed by atoms with Crippen LogP contribution >= 0.6 is 11.6 Å². The Bertz CT molecular complexity index is 366. The largest absolute Gasteiger partial charge is 0.369 e. The minimum atomic E-state index is -0.0298.